The lowest BCUT2D eigenvalue weighted by Gasteiger charge is -2.14. The van der Waals surface area contributed by atoms with Crippen LogP contribution in [0.3, 0.4) is 0 Å². The Kier molecular flexibility index (Phi) is 4.50. The van der Waals surface area contributed by atoms with E-state index in [0.717, 1.165) is 0 Å². The Morgan fingerprint density at radius 2 is 1.86 bits per heavy atom. The number of aromatic nitrogens is 3. The number of nitrogens with zero attached hydrogens (tertiary/aromatic N) is 5. The van der Waals surface area contributed by atoms with Crippen LogP contribution in [-0.2, 0) is 0 Å². The standard InChI is InChI=1S/C14H17N5O3/c1-9(2)12-15-13(18(3)4)17-14(16-12)22-11-8-6-5-7-10(11)19(20)21/h5-9H,1-4H3. The Morgan fingerprint density at radius 1 is 1.18 bits per heavy atom. The van der Waals surface area contributed by atoms with E-state index in [1.54, 1.807) is 31.1 Å². The second kappa shape index (κ2) is 6.33. The molecule has 0 aliphatic rings. The van der Waals surface area contributed by atoms with E-state index in [-0.39, 0.29) is 23.4 Å². The Morgan fingerprint density at radius 3 is 2.45 bits per heavy atom. The van der Waals surface area contributed by atoms with Crippen LogP contribution in [0, 0.1) is 10.1 Å². The summed E-state index contributed by atoms with van der Waals surface area (Å²) in [4.78, 5) is 24.9. The summed E-state index contributed by atoms with van der Waals surface area (Å²) >= 11 is 0. The van der Waals surface area contributed by atoms with Gasteiger partial charge in [0.25, 0.3) is 0 Å². The summed E-state index contributed by atoms with van der Waals surface area (Å²) in [6.07, 6.45) is 0. The highest BCUT2D eigenvalue weighted by atomic mass is 16.6. The Hall–Kier alpha value is -2.77. The summed E-state index contributed by atoms with van der Waals surface area (Å²) in [5.41, 5.74) is -0.139. The molecule has 2 aromatic rings. The summed E-state index contributed by atoms with van der Waals surface area (Å²) in [7, 11) is 3.60. The number of anilines is 1. The van der Waals surface area contributed by atoms with Crippen molar-refractivity contribution >= 4 is 11.6 Å². The lowest BCUT2D eigenvalue weighted by Crippen LogP contribution is -2.15. The second-order valence-corrected chi connectivity index (χ2v) is 5.15. The van der Waals surface area contributed by atoms with Gasteiger partial charge in [-0.05, 0) is 6.07 Å². The van der Waals surface area contributed by atoms with Gasteiger partial charge in [-0.15, -0.1) is 0 Å². The molecule has 0 radical (unpaired) electrons. The first kappa shape index (κ1) is 15.6. The molecule has 8 heteroatoms. The molecule has 0 amide bonds. The highest BCUT2D eigenvalue weighted by molar-refractivity contribution is 5.47. The minimum Gasteiger partial charge on any atom is -0.417 e. The van der Waals surface area contributed by atoms with Gasteiger partial charge in [0, 0.05) is 26.1 Å². The van der Waals surface area contributed by atoms with Gasteiger partial charge < -0.3 is 9.64 Å². The monoisotopic (exact) mass is 303 g/mol. The molecule has 1 aromatic carbocycles. The summed E-state index contributed by atoms with van der Waals surface area (Å²) in [5.74, 6) is 1.17. The third kappa shape index (κ3) is 3.46. The number of para-hydroxylation sites is 2. The zero-order valence-electron chi connectivity index (χ0n) is 12.8. The largest absolute Gasteiger partial charge is 0.417 e. The van der Waals surface area contributed by atoms with E-state index >= 15 is 0 Å². The summed E-state index contributed by atoms with van der Waals surface area (Å²) < 4.78 is 5.52. The molecule has 0 N–H and O–H groups in total. The molecule has 0 aliphatic heterocycles. The van der Waals surface area contributed by atoms with Crippen LogP contribution < -0.4 is 9.64 Å². The van der Waals surface area contributed by atoms with Crippen molar-refractivity contribution in [2.45, 2.75) is 19.8 Å². The van der Waals surface area contributed by atoms with Gasteiger partial charge in [-0.25, -0.2) is 0 Å². The highest BCUT2D eigenvalue weighted by Crippen LogP contribution is 2.30. The van der Waals surface area contributed by atoms with Crippen LogP contribution >= 0.6 is 0 Å². The number of nitro groups is 1. The van der Waals surface area contributed by atoms with E-state index in [4.69, 9.17) is 4.74 Å². The van der Waals surface area contributed by atoms with Gasteiger partial charge in [0.2, 0.25) is 11.7 Å². The average Bonchev–Trinajstić information content (AvgIpc) is 2.47. The maximum atomic E-state index is 11.0. The maximum absolute atomic E-state index is 11.0. The molecule has 0 aliphatic carbocycles. The molecule has 0 bridgehead atoms. The van der Waals surface area contributed by atoms with E-state index in [1.807, 2.05) is 13.8 Å². The molecule has 2 rings (SSSR count). The van der Waals surface area contributed by atoms with E-state index in [0.29, 0.717) is 11.8 Å². The lowest BCUT2D eigenvalue weighted by atomic mass is 10.2. The van der Waals surface area contributed by atoms with E-state index < -0.39 is 4.92 Å². The van der Waals surface area contributed by atoms with Gasteiger partial charge in [-0.1, -0.05) is 26.0 Å². The van der Waals surface area contributed by atoms with Gasteiger partial charge in [0.05, 0.1) is 4.92 Å². The van der Waals surface area contributed by atoms with Gasteiger partial charge >= 0.3 is 11.7 Å². The first-order chi connectivity index (χ1) is 10.4. The molecule has 0 spiro atoms. The van der Waals surface area contributed by atoms with Crippen molar-refractivity contribution in [3.8, 4) is 11.8 Å². The lowest BCUT2D eigenvalue weighted by molar-refractivity contribution is -0.385. The Balaban J connectivity index is 2.43. The fourth-order valence-corrected chi connectivity index (χ4v) is 1.66. The van der Waals surface area contributed by atoms with Crippen LogP contribution in [0.2, 0.25) is 0 Å². The first-order valence-corrected chi connectivity index (χ1v) is 6.73. The number of ether oxygens (including phenoxy) is 1. The fraction of sp³-hybridized carbons (Fsp3) is 0.357. The molecule has 0 fully saturated rings. The molecule has 0 atom stereocenters. The average molecular weight is 303 g/mol. The van der Waals surface area contributed by atoms with Crippen molar-refractivity contribution in [3.63, 3.8) is 0 Å². The van der Waals surface area contributed by atoms with Gasteiger partial charge in [-0.2, -0.15) is 15.0 Å². The number of hydrogen-bond acceptors (Lipinski definition) is 7. The number of hydrogen-bond donors (Lipinski definition) is 0. The van der Waals surface area contributed by atoms with E-state index in [9.17, 15) is 10.1 Å². The molecular formula is C14H17N5O3. The van der Waals surface area contributed by atoms with Gasteiger partial charge in [0.1, 0.15) is 5.82 Å². The third-order valence-corrected chi connectivity index (χ3v) is 2.80. The fourth-order valence-electron chi connectivity index (χ4n) is 1.66. The Bertz CT molecular complexity index is 662. The number of nitro benzene ring substituents is 1. The van der Waals surface area contributed by atoms with Crippen molar-refractivity contribution < 1.29 is 9.66 Å². The zero-order valence-corrected chi connectivity index (χ0v) is 12.8. The van der Waals surface area contributed by atoms with Crippen LogP contribution in [-0.4, -0.2) is 34.0 Å². The number of benzene rings is 1. The number of rotatable bonds is 5. The van der Waals surface area contributed by atoms with Gasteiger partial charge in [-0.3, -0.25) is 10.1 Å². The minimum atomic E-state index is -0.507. The maximum Gasteiger partial charge on any atom is 0.327 e. The molecule has 1 heterocycles. The molecule has 116 valence electrons. The molecule has 1 aromatic heterocycles. The normalized spacial score (nSPS) is 10.6. The predicted octanol–water partition coefficient (Wildman–Crippen LogP) is 2.76. The first-order valence-electron chi connectivity index (χ1n) is 6.73. The van der Waals surface area contributed by atoms with Crippen molar-refractivity contribution in [3.05, 3.63) is 40.2 Å². The summed E-state index contributed by atoms with van der Waals surface area (Å²) in [6, 6.07) is 6.14. The van der Waals surface area contributed by atoms with Crippen LogP contribution in [0.1, 0.15) is 25.6 Å². The van der Waals surface area contributed by atoms with E-state index in [1.165, 1.54) is 12.1 Å². The topological polar surface area (TPSA) is 94.3 Å². The van der Waals surface area contributed by atoms with Crippen molar-refractivity contribution in [2.24, 2.45) is 0 Å². The molecule has 0 saturated heterocycles. The third-order valence-electron chi connectivity index (χ3n) is 2.80. The smallest absolute Gasteiger partial charge is 0.327 e. The molecule has 0 unspecified atom stereocenters. The van der Waals surface area contributed by atoms with Crippen molar-refractivity contribution in [1.29, 1.82) is 0 Å². The molecular weight excluding hydrogens is 286 g/mol. The minimum absolute atomic E-state index is 0.0386. The van der Waals surface area contributed by atoms with Crippen molar-refractivity contribution in [1.82, 2.24) is 15.0 Å². The highest BCUT2D eigenvalue weighted by Gasteiger charge is 2.18. The molecule has 22 heavy (non-hydrogen) atoms. The van der Waals surface area contributed by atoms with Crippen LogP contribution in [0.4, 0.5) is 11.6 Å². The Labute approximate surface area is 127 Å². The van der Waals surface area contributed by atoms with Gasteiger partial charge in [0.15, 0.2) is 0 Å². The summed E-state index contributed by atoms with van der Waals surface area (Å²) in [5, 5.41) is 11.0. The zero-order chi connectivity index (χ0) is 16.3. The SMILES string of the molecule is CC(C)c1nc(Oc2ccccc2[N+](=O)[O-])nc(N(C)C)n1. The van der Waals surface area contributed by atoms with Crippen LogP contribution in [0.15, 0.2) is 24.3 Å². The molecule has 8 nitrogen and oxygen atoms in total. The van der Waals surface area contributed by atoms with Crippen LogP contribution in [0.25, 0.3) is 0 Å². The summed E-state index contributed by atoms with van der Waals surface area (Å²) in [6.45, 7) is 3.90. The van der Waals surface area contributed by atoms with Crippen LogP contribution in [0.5, 0.6) is 11.8 Å². The predicted molar refractivity (Wildman–Crippen MR) is 81.4 cm³/mol. The van der Waals surface area contributed by atoms with Crippen molar-refractivity contribution in [2.75, 3.05) is 19.0 Å². The van der Waals surface area contributed by atoms with E-state index in [2.05, 4.69) is 15.0 Å². The molecule has 0 saturated carbocycles. The quantitative estimate of drug-likeness (QED) is 0.619. The second-order valence-electron chi connectivity index (χ2n) is 5.15.